The van der Waals surface area contributed by atoms with Crippen LogP contribution in [-0.2, 0) is 0 Å². The molecule has 1 aliphatic carbocycles. The van der Waals surface area contributed by atoms with Gasteiger partial charge in [0, 0.05) is 18.7 Å². The minimum absolute atomic E-state index is 0.00852. The van der Waals surface area contributed by atoms with Crippen LogP contribution in [0.15, 0.2) is 43.2 Å². The van der Waals surface area contributed by atoms with Crippen molar-refractivity contribution in [1.29, 1.82) is 0 Å². The third kappa shape index (κ3) is 5.07. The summed E-state index contributed by atoms with van der Waals surface area (Å²) in [5.74, 6) is 0.161. The zero-order chi connectivity index (χ0) is 21.6. The minimum Gasteiger partial charge on any atom is -0.387 e. The molecule has 31 heavy (non-hydrogen) atoms. The Morgan fingerprint density at radius 3 is 2.71 bits per heavy atom. The molecule has 11 heteroatoms. The normalized spacial score (nSPS) is 12.7. The summed E-state index contributed by atoms with van der Waals surface area (Å²) in [7, 11) is 0. The van der Waals surface area contributed by atoms with E-state index in [0.717, 1.165) is 18.5 Å². The first-order valence-electron chi connectivity index (χ1n) is 9.75. The van der Waals surface area contributed by atoms with Gasteiger partial charge in [0.1, 0.15) is 6.33 Å². The minimum atomic E-state index is -0.826. The van der Waals surface area contributed by atoms with Gasteiger partial charge in [-0.15, -0.1) is 0 Å². The van der Waals surface area contributed by atoms with Gasteiger partial charge < -0.3 is 15.4 Å². The standard InChI is InChI=1S/C20H20N8O3/c1-2-23-18(29)16-14(4-3-7-24-16)28-20(30)31-19-17(26-13-8-21-11-22-9-13)25-10-15(27-19)12-5-6-12/h3-4,7-12H,2,5-6H2,1H3,(H,23,29)(H,25,26)(H,28,30). The Hall–Kier alpha value is -4.15. The summed E-state index contributed by atoms with van der Waals surface area (Å²) in [6, 6.07) is 3.17. The average Bonchev–Trinajstić information content (AvgIpc) is 3.62. The maximum absolute atomic E-state index is 12.6. The van der Waals surface area contributed by atoms with Crippen molar-refractivity contribution in [3.05, 3.63) is 54.6 Å². The van der Waals surface area contributed by atoms with Gasteiger partial charge in [-0.05, 0) is 31.9 Å². The summed E-state index contributed by atoms with van der Waals surface area (Å²) in [5, 5.41) is 8.19. The van der Waals surface area contributed by atoms with Crippen molar-refractivity contribution < 1.29 is 14.3 Å². The smallest absolute Gasteiger partial charge is 0.387 e. The van der Waals surface area contributed by atoms with E-state index in [0.29, 0.717) is 18.2 Å². The van der Waals surface area contributed by atoms with Gasteiger partial charge in [-0.1, -0.05) is 0 Å². The summed E-state index contributed by atoms with van der Waals surface area (Å²) >= 11 is 0. The molecule has 0 unspecified atom stereocenters. The van der Waals surface area contributed by atoms with Crippen molar-refractivity contribution in [2.24, 2.45) is 0 Å². The van der Waals surface area contributed by atoms with Crippen LogP contribution in [0.4, 0.5) is 22.0 Å². The molecule has 158 valence electrons. The third-order valence-corrected chi connectivity index (χ3v) is 4.36. The van der Waals surface area contributed by atoms with E-state index in [1.54, 1.807) is 37.6 Å². The van der Waals surface area contributed by atoms with Gasteiger partial charge in [-0.25, -0.2) is 29.7 Å². The molecule has 0 bridgehead atoms. The van der Waals surface area contributed by atoms with Crippen LogP contribution in [0.5, 0.6) is 5.88 Å². The van der Waals surface area contributed by atoms with Crippen LogP contribution in [0.1, 0.15) is 41.9 Å². The topological polar surface area (TPSA) is 144 Å². The SMILES string of the molecule is CCNC(=O)c1ncccc1NC(=O)Oc1nc(C2CC2)cnc1Nc1cncnc1. The summed E-state index contributed by atoms with van der Waals surface area (Å²) in [6.45, 7) is 2.22. The van der Waals surface area contributed by atoms with Gasteiger partial charge >= 0.3 is 6.09 Å². The predicted molar refractivity (Wildman–Crippen MR) is 111 cm³/mol. The summed E-state index contributed by atoms with van der Waals surface area (Å²) in [6.07, 6.45) is 8.85. The fourth-order valence-corrected chi connectivity index (χ4v) is 2.77. The summed E-state index contributed by atoms with van der Waals surface area (Å²) < 4.78 is 5.45. The Morgan fingerprint density at radius 2 is 1.97 bits per heavy atom. The number of rotatable bonds is 7. The van der Waals surface area contributed by atoms with E-state index < -0.39 is 12.0 Å². The van der Waals surface area contributed by atoms with Crippen LogP contribution in [-0.4, -0.2) is 43.5 Å². The third-order valence-electron chi connectivity index (χ3n) is 4.36. The monoisotopic (exact) mass is 420 g/mol. The summed E-state index contributed by atoms with van der Waals surface area (Å²) in [5.41, 5.74) is 1.61. The molecule has 11 nitrogen and oxygen atoms in total. The molecular weight excluding hydrogens is 400 g/mol. The molecule has 3 heterocycles. The number of nitrogens with zero attached hydrogens (tertiary/aromatic N) is 5. The van der Waals surface area contributed by atoms with Crippen molar-refractivity contribution in [2.45, 2.75) is 25.7 Å². The molecule has 3 N–H and O–H groups in total. The lowest BCUT2D eigenvalue weighted by atomic mass is 10.3. The van der Waals surface area contributed by atoms with Crippen LogP contribution in [0.3, 0.4) is 0 Å². The molecule has 0 atom stereocenters. The van der Waals surface area contributed by atoms with Gasteiger partial charge in [0.25, 0.3) is 11.8 Å². The van der Waals surface area contributed by atoms with Crippen LogP contribution in [0, 0.1) is 0 Å². The molecule has 4 rings (SSSR count). The molecule has 0 aromatic carbocycles. The Bertz CT molecular complexity index is 1090. The molecule has 1 aliphatic rings. The second-order valence-corrected chi connectivity index (χ2v) is 6.75. The number of pyridine rings is 1. The predicted octanol–water partition coefficient (Wildman–Crippen LogP) is 2.64. The molecule has 1 saturated carbocycles. The summed E-state index contributed by atoms with van der Waals surface area (Å²) in [4.78, 5) is 45.5. The Kier molecular flexibility index (Phi) is 5.92. The van der Waals surface area contributed by atoms with E-state index in [4.69, 9.17) is 4.74 Å². The molecule has 0 spiro atoms. The largest absolute Gasteiger partial charge is 0.418 e. The number of anilines is 3. The molecule has 2 amide bonds. The number of aromatic nitrogens is 5. The molecule has 0 radical (unpaired) electrons. The van der Waals surface area contributed by atoms with E-state index in [9.17, 15) is 9.59 Å². The highest BCUT2D eigenvalue weighted by molar-refractivity contribution is 6.01. The zero-order valence-corrected chi connectivity index (χ0v) is 16.7. The van der Waals surface area contributed by atoms with Crippen LogP contribution >= 0.6 is 0 Å². The number of nitrogens with one attached hydrogen (secondary N) is 3. The van der Waals surface area contributed by atoms with E-state index in [1.807, 2.05) is 0 Å². The Balaban J connectivity index is 1.55. The zero-order valence-electron chi connectivity index (χ0n) is 16.7. The maximum Gasteiger partial charge on any atom is 0.418 e. The Labute approximate surface area is 177 Å². The van der Waals surface area contributed by atoms with Crippen molar-refractivity contribution in [2.75, 3.05) is 17.2 Å². The lowest BCUT2D eigenvalue weighted by Gasteiger charge is -2.13. The quantitative estimate of drug-likeness (QED) is 0.525. The molecule has 0 saturated heterocycles. The molecular formula is C20H20N8O3. The van der Waals surface area contributed by atoms with E-state index in [2.05, 4.69) is 40.9 Å². The van der Waals surface area contributed by atoms with Crippen LogP contribution < -0.4 is 20.7 Å². The highest BCUT2D eigenvalue weighted by atomic mass is 16.6. The van der Waals surface area contributed by atoms with Gasteiger partial charge in [-0.2, -0.15) is 0 Å². The number of hydrogen-bond acceptors (Lipinski definition) is 9. The van der Waals surface area contributed by atoms with E-state index >= 15 is 0 Å². The molecule has 3 aromatic rings. The van der Waals surface area contributed by atoms with Crippen molar-refractivity contribution in [3.63, 3.8) is 0 Å². The Morgan fingerprint density at radius 1 is 1.16 bits per heavy atom. The highest BCUT2D eigenvalue weighted by Crippen LogP contribution is 2.40. The fourth-order valence-electron chi connectivity index (χ4n) is 2.77. The second-order valence-electron chi connectivity index (χ2n) is 6.75. The fraction of sp³-hybridized carbons (Fsp3) is 0.250. The lowest BCUT2D eigenvalue weighted by molar-refractivity contribution is 0.0952. The maximum atomic E-state index is 12.6. The highest BCUT2D eigenvalue weighted by Gasteiger charge is 2.27. The second kappa shape index (κ2) is 9.11. The van der Waals surface area contributed by atoms with Crippen LogP contribution in [0.25, 0.3) is 0 Å². The first-order valence-corrected chi connectivity index (χ1v) is 9.75. The van der Waals surface area contributed by atoms with E-state index in [-0.39, 0.29) is 23.1 Å². The molecule has 0 aliphatic heterocycles. The van der Waals surface area contributed by atoms with Gasteiger partial charge in [0.2, 0.25) is 0 Å². The van der Waals surface area contributed by atoms with Gasteiger partial charge in [-0.3, -0.25) is 10.1 Å². The molecule has 1 fully saturated rings. The number of carbonyl (C=O) groups excluding carboxylic acids is 2. The number of hydrogen-bond donors (Lipinski definition) is 3. The first-order chi connectivity index (χ1) is 15.1. The lowest BCUT2D eigenvalue weighted by Crippen LogP contribution is -2.26. The van der Waals surface area contributed by atoms with Crippen molar-refractivity contribution >= 4 is 29.2 Å². The average molecular weight is 420 g/mol. The van der Waals surface area contributed by atoms with Crippen LogP contribution in [0.2, 0.25) is 0 Å². The van der Waals surface area contributed by atoms with Gasteiger partial charge in [0.15, 0.2) is 11.5 Å². The number of carbonyl (C=O) groups is 2. The van der Waals surface area contributed by atoms with Crippen molar-refractivity contribution in [1.82, 2.24) is 30.2 Å². The number of ether oxygens (including phenoxy) is 1. The van der Waals surface area contributed by atoms with E-state index in [1.165, 1.54) is 12.5 Å². The first kappa shape index (κ1) is 20.1. The van der Waals surface area contributed by atoms with Crippen molar-refractivity contribution in [3.8, 4) is 5.88 Å². The van der Waals surface area contributed by atoms with Gasteiger partial charge in [0.05, 0.1) is 35.7 Å². The molecule has 3 aromatic heterocycles. The number of amides is 2.